The van der Waals surface area contributed by atoms with E-state index in [0.717, 1.165) is 33.4 Å². The van der Waals surface area contributed by atoms with Crippen LogP contribution in [0, 0.1) is 0 Å². The second-order valence-corrected chi connectivity index (χ2v) is 8.12. The molecule has 5 aromatic rings. The fraction of sp³-hybridized carbons (Fsp3) is 0.0833. The number of benzene rings is 2. The van der Waals surface area contributed by atoms with Crippen molar-refractivity contribution in [3.8, 4) is 11.3 Å². The number of carbonyl (C=O) groups is 1. The maximum atomic E-state index is 12.8. The van der Waals surface area contributed by atoms with E-state index in [1.165, 1.54) is 22.3 Å². The summed E-state index contributed by atoms with van der Waals surface area (Å²) in [6.07, 6.45) is 2.75. The molecule has 0 aliphatic heterocycles. The first-order valence-electron chi connectivity index (χ1n) is 9.78. The number of anilines is 1. The number of nitrogens with zero attached hydrogens (tertiary/aromatic N) is 1. The number of nitrogens with one attached hydrogen (secondary N) is 2. The van der Waals surface area contributed by atoms with Gasteiger partial charge in [0.25, 0.3) is 5.91 Å². The van der Waals surface area contributed by atoms with Gasteiger partial charge in [-0.05, 0) is 30.2 Å². The minimum absolute atomic E-state index is 0.156. The Balaban J connectivity index is 1.33. The van der Waals surface area contributed by atoms with E-state index in [4.69, 9.17) is 10.7 Å². The Kier molecular flexibility index (Phi) is 4.69. The highest BCUT2D eigenvalue weighted by Gasteiger charge is 2.17. The average Bonchev–Trinajstić information content (AvgIpc) is 3.35. The molecule has 0 spiro atoms. The van der Waals surface area contributed by atoms with Crippen molar-refractivity contribution in [1.29, 1.82) is 0 Å². The van der Waals surface area contributed by atoms with E-state index in [2.05, 4.69) is 16.4 Å². The maximum Gasteiger partial charge on any atom is 0.263 e. The van der Waals surface area contributed by atoms with Gasteiger partial charge in [0.1, 0.15) is 9.71 Å². The standard InChI is InChI=1S/C24H20N4OS/c25-21-18-10-11-19(15-6-2-1-3-7-15)28-24(18)30-22(21)23(29)26-13-12-16-14-27-20-9-5-4-8-17(16)20/h1-11,14,27H,12-13,25H2,(H,26,29). The van der Waals surface area contributed by atoms with Crippen molar-refractivity contribution in [2.45, 2.75) is 6.42 Å². The number of fused-ring (bicyclic) bond motifs is 2. The molecular weight excluding hydrogens is 392 g/mol. The number of para-hydroxylation sites is 1. The first kappa shape index (κ1) is 18.4. The number of carbonyl (C=O) groups excluding carboxylic acids is 1. The van der Waals surface area contributed by atoms with Gasteiger partial charge < -0.3 is 16.0 Å². The van der Waals surface area contributed by atoms with Crippen molar-refractivity contribution in [3.63, 3.8) is 0 Å². The van der Waals surface area contributed by atoms with Crippen LogP contribution in [0.4, 0.5) is 5.69 Å². The Bertz CT molecular complexity index is 1350. The molecule has 0 bridgehead atoms. The maximum absolute atomic E-state index is 12.8. The van der Waals surface area contributed by atoms with Gasteiger partial charge in [0.2, 0.25) is 0 Å². The summed E-state index contributed by atoms with van der Waals surface area (Å²) in [5, 5.41) is 5.01. The molecule has 2 aromatic carbocycles. The second-order valence-electron chi connectivity index (χ2n) is 7.13. The van der Waals surface area contributed by atoms with Crippen molar-refractivity contribution < 1.29 is 4.79 Å². The van der Waals surface area contributed by atoms with Gasteiger partial charge >= 0.3 is 0 Å². The number of aromatic amines is 1. The summed E-state index contributed by atoms with van der Waals surface area (Å²) in [7, 11) is 0. The molecule has 4 N–H and O–H groups in total. The fourth-order valence-electron chi connectivity index (χ4n) is 3.66. The van der Waals surface area contributed by atoms with Crippen LogP contribution in [-0.4, -0.2) is 22.4 Å². The molecule has 0 saturated heterocycles. The Labute approximate surface area is 177 Å². The number of H-pyrrole nitrogens is 1. The van der Waals surface area contributed by atoms with E-state index < -0.39 is 0 Å². The molecule has 1 amide bonds. The zero-order valence-corrected chi connectivity index (χ0v) is 17.0. The smallest absolute Gasteiger partial charge is 0.263 e. The van der Waals surface area contributed by atoms with Crippen LogP contribution in [0.3, 0.4) is 0 Å². The lowest BCUT2D eigenvalue weighted by atomic mass is 10.1. The van der Waals surface area contributed by atoms with Crippen molar-refractivity contribution >= 4 is 44.1 Å². The lowest BCUT2D eigenvalue weighted by molar-refractivity contribution is 0.0959. The SMILES string of the molecule is Nc1c(C(=O)NCCc2c[nH]c3ccccc23)sc2nc(-c3ccccc3)ccc12. The van der Waals surface area contributed by atoms with Crippen LogP contribution in [-0.2, 0) is 6.42 Å². The van der Waals surface area contributed by atoms with Crippen LogP contribution in [0.2, 0.25) is 0 Å². The van der Waals surface area contributed by atoms with Crippen LogP contribution in [0.5, 0.6) is 0 Å². The summed E-state index contributed by atoms with van der Waals surface area (Å²) < 4.78 is 0. The van der Waals surface area contributed by atoms with Crippen molar-refractivity contribution in [2.24, 2.45) is 0 Å². The lowest BCUT2D eigenvalue weighted by Crippen LogP contribution is -2.25. The van der Waals surface area contributed by atoms with Crippen LogP contribution in [0.25, 0.3) is 32.4 Å². The van der Waals surface area contributed by atoms with Crippen molar-refractivity contribution in [1.82, 2.24) is 15.3 Å². The molecule has 3 aromatic heterocycles. The number of hydrogen-bond donors (Lipinski definition) is 3. The number of pyridine rings is 1. The quantitative estimate of drug-likeness (QED) is 0.380. The van der Waals surface area contributed by atoms with Gasteiger partial charge in [0, 0.05) is 34.6 Å². The summed E-state index contributed by atoms with van der Waals surface area (Å²) in [5.74, 6) is -0.156. The zero-order valence-electron chi connectivity index (χ0n) is 16.2. The summed E-state index contributed by atoms with van der Waals surface area (Å²) in [6.45, 7) is 0.539. The zero-order chi connectivity index (χ0) is 20.5. The predicted molar refractivity (Wildman–Crippen MR) is 124 cm³/mol. The van der Waals surface area contributed by atoms with E-state index in [9.17, 15) is 4.79 Å². The molecular formula is C24H20N4OS. The second kappa shape index (κ2) is 7.65. The van der Waals surface area contributed by atoms with Gasteiger partial charge in [-0.1, -0.05) is 48.5 Å². The number of thiophene rings is 1. The van der Waals surface area contributed by atoms with Crippen LogP contribution in [0.15, 0.2) is 72.9 Å². The Morgan fingerprint density at radius 1 is 1.00 bits per heavy atom. The molecule has 0 saturated carbocycles. The molecule has 0 unspecified atom stereocenters. The fourth-order valence-corrected chi connectivity index (χ4v) is 4.68. The van der Waals surface area contributed by atoms with Gasteiger partial charge in [0.15, 0.2) is 0 Å². The number of amides is 1. The van der Waals surface area contributed by atoms with E-state index in [1.54, 1.807) is 0 Å². The van der Waals surface area contributed by atoms with Crippen LogP contribution >= 0.6 is 11.3 Å². The largest absolute Gasteiger partial charge is 0.397 e. The lowest BCUT2D eigenvalue weighted by Gasteiger charge is -2.04. The minimum Gasteiger partial charge on any atom is -0.397 e. The number of aromatic nitrogens is 2. The Hall–Kier alpha value is -3.64. The number of rotatable bonds is 5. The summed E-state index contributed by atoms with van der Waals surface area (Å²) >= 11 is 1.34. The minimum atomic E-state index is -0.156. The molecule has 3 heterocycles. The van der Waals surface area contributed by atoms with E-state index in [0.29, 0.717) is 17.1 Å². The Morgan fingerprint density at radius 3 is 2.67 bits per heavy atom. The van der Waals surface area contributed by atoms with Gasteiger partial charge in [0.05, 0.1) is 11.4 Å². The number of nitrogen functional groups attached to an aromatic ring is 1. The molecule has 0 aliphatic rings. The summed E-state index contributed by atoms with van der Waals surface area (Å²) in [5.41, 5.74) is 11.0. The third-order valence-electron chi connectivity index (χ3n) is 5.22. The summed E-state index contributed by atoms with van der Waals surface area (Å²) in [4.78, 5) is 22.0. The molecule has 0 fully saturated rings. The highest BCUT2D eigenvalue weighted by atomic mass is 32.1. The normalized spacial score (nSPS) is 11.2. The molecule has 0 radical (unpaired) electrons. The molecule has 30 heavy (non-hydrogen) atoms. The van der Waals surface area contributed by atoms with Gasteiger partial charge in [-0.15, -0.1) is 11.3 Å². The van der Waals surface area contributed by atoms with E-state index in [-0.39, 0.29) is 5.91 Å². The third kappa shape index (κ3) is 3.31. The highest BCUT2D eigenvalue weighted by Crippen LogP contribution is 2.34. The van der Waals surface area contributed by atoms with Gasteiger partial charge in [-0.25, -0.2) is 4.98 Å². The molecule has 0 aliphatic carbocycles. The predicted octanol–water partition coefficient (Wildman–Crippen LogP) is 5.00. The van der Waals surface area contributed by atoms with Crippen LogP contribution in [0.1, 0.15) is 15.2 Å². The monoisotopic (exact) mass is 412 g/mol. The first-order chi connectivity index (χ1) is 14.7. The molecule has 5 nitrogen and oxygen atoms in total. The van der Waals surface area contributed by atoms with E-state index in [1.807, 2.05) is 66.9 Å². The molecule has 6 heteroatoms. The van der Waals surface area contributed by atoms with E-state index >= 15 is 0 Å². The Morgan fingerprint density at radius 2 is 1.80 bits per heavy atom. The van der Waals surface area contributed by atoms with Crippen molar-refractivity contribution in [2.75, 3.05) is 12.3 Å². The molecule has 148 valence electrons. The van der Waals surface area contributed by atoms with Gasteiger partial charge in [-0.2, -0.15) is 0 Å². The first-order valence-corrected chi connectivity index (χ1v) is 10.6. The van der Waals surface area contributed by atoms with Crippen molar-refractivity contribution in [3.05, 3.63) is 83.4 Å². The summed E-state index contributed by atoms with van der Waals surface area (Å²) in [6, 6.07) is 22.0. The number of hydrogen-bond acceptors (Lipinski definition) is 4. The van der Waals surface area contributed by atoms with Crippen LogP contribution < -0.4 is 11.1 Å². The average molecular weight is 413 g/mol. The topological polar surface area (TPSA) is 83.8 Å². The highest BCUT2D eigenvalue weighted by molar-refractivity contribution is 7.21. The third-order valence-corrected chi connectivity index (χ3v) is 6.34. The number of nitrogens with two attached hydrogens (primary N) is 1. The van der Waals surface area contributed by atoms with Gasteiger partial charge in [-0.3, -0.25) is 4.79 Å². The molecule has 0 atom stereocenters. The molecule has 5 rings (SSSR count).